The SMILES string of the molecule is O=C(NC1CC2CCC(C1)N2Cc1ccccc1)c1ccc(F)cn1. The molecule has 0 radical (unpaired) electrons. The molecule has 2 atom stereocenters. The highest BCUT2D eigenvalue weighted by Gasteiger charge is 2.40. The lowest BCUT2D eigenvalue weighted by molar-refractivity contribution is 0.0823. The van der Waals surface area contributed by atoms with E-state index < -0.39 is 5.82 Å². The van der Waals surface area contributed by atoms with Crippen molar-refractivity contribution in [1.29, 1.82) is 0 Å². The number of fused-ring (bicyclic) bond motifs is 2. The van der Waals surface area contributed by atoms with Crippen molar-refractivity contribution in [2.75, 3.05) is 0 Å². The van der Waals surface area contributed by atoms with E-state index in [4.69, 9.17) is 0 Å². The summed E-state index contributed by atoms with van der Waals surface area (Å²) in [7, 11) is 0. The molecule has 1 amide bonds. The van der Waals surface area contributed by atoms with E-state index in [1.807, 2.05) is 6.07 Å². The maximum Gasteiger partial charge on any atom is 0.270 e. The molecule has 0 saturated carbocycles. The van der Waals surface area contributed by atoms with Gasteiger partial charge in [0.05, 0.1) is 6.20 Å². The van der Waals surface area contributed by atoms with Crippen molar-refractivity contribution in [1.82, 2.24) is 15.2 Å². The Balaban J connectivity index is 1.38. The monoisotopic (exact) mass is 339 g/mol. The molecule has 1 N–H and O–H groups in total. The largest absolute Gasteiger partial charge is 0.348 e. The number of rotatable bonds is 4. The van der Waals surface area contributed by atoms with E-state index in [1.165, 1.54) is 30.5 Å². The first-order valence-electron chi connectivity index (χ1n) is 8.91. The van der Waals surface area contributed by atoms with Gasteiger partial charge in [-0.2, -0.15) is 0 Å². The smallest absolute Gasteiger partial charge is 0.270 e. The molecule has 0 aliphatic carbocycles. The normalized spacial score (nSPS) is 25.7. The Morgan fingerprint density at radius 3 is 2.48 bits per heavy atom. The molecular formula is C20H22FN3O. The van der Waals surface area contributed by atoms with Gasteiger partial charge in [-0.25, -0.2) is 9.37 Å². The average molecular weight is 339 g/mol. The Labute approximate surface area is 147 Å². The van der Waals surface area contributed by atoms with Crippen LogP contribution in [-0.2, 0) is 6.54 Å². The van der Waals surface area contributed by atoms with Crippen molar-refractivity contribution in [3.63, 3.8) is 0 Å². The quantitative estimate of drug-likeness (QED) is 0.931. The summed E-state index contributed by atoms with van der Waals surface area (Å²) in [6.07, 6.45) is 5.41. The van der Waals surface area contributed by atoms with Gasteiger partial charge in [-0.05, 0) is 43.4 Å². The second kappa shape index (κ2) is 6.92. The zero-order valence-electron chi connectivity index (χ0n) is 14.1. The minimum Gasteiger partial charge on any atom is -0.348 e. The van der Waals surface area contributed by atoms with Crippen molar-refractivity contribution in [3.8, 4) is 0 Å². The number of hydrogen-bond acceptors (Lipinski definition) is 3. The van der Waals surface area contributed by atoms with Crippen LogP contribution in [0.15, 0.2) is 48.7 Å². The summed E-state index contributed by atoms with van der Waals surface area (Å²) in [5, 5.41) is 3.09. The molecule has 2 aliphatic rings. The summed E-state index contributed by atoms with van der Waals surface area (Å²) < 4.78 is 12.9. The van der Waals surface area contributed by atoms with E-state index in [1.54, 1.807) is 0 Å². The summed E-state index contributed by atoms with van der Waals surface area (Å²) in [4.78, 5) is 18.8. The zero-order chi connectivity index (χ0) is 17.2. The minimum atomic E-state index is -0.427. The number of nitrogens with one attached hydrogen (secondary N) is 1. The van der Waals surface area contributed by atoms with E-state index in [0.717, 1.165) is 25.6 Å². The molecule has 2 aliphatic heterocycles. The van der Waals surface area contributed by atoms with Gasteiger partial charge in [0.2, 0.25) is 0 Å². The molecule has 25 heavy (non-hydrogen) atoms. The van der Waals surface area contributed by atoms with Gasteiger partial charge in [0.25, 0.3) is 5.91 Å². The fourth-order valence-corrected chi connectivity index (χ4v) is 4.21. The van der Waals surface area contributed by atoms with Crippen molar-refractivity contribution >= 4 is 5.91 Å². The van der Waals surface area contributed by atoms with E-state index in [-0.39, 0.29) is 17.6 Å². The number of pyridine rings is 1. The molecule has 2 saturated heterocycles. The fourth-order valence-electron chi connectivity index (χ4n) is 4.21. The number of amides is 1. The van der Waals surface area contributed by atoms with Gasteiger partial charge in [-0.15, -0.1) is 0 Å². The number of aromatic nitrogens is 1. The lowest BCUT2D eigenvalue weighted by Crippen LogP contribution is -2.50. The van der Waals surface area contributed by atoms with Crippen LogP contribution in [-0.4, -0.2) is 33.9 Å². The van der Waals surface area contributed by atoms with Crippen LogP contribution in [0.1, 0.15) is 41.7 Å². The van der Waals surface area contributed by atoms with Crippen LogP contribution in [0.3, 0.4) is 0 Å². The van der Waals surface area contributed by atoms with Crippen molar-refractivity contribution in [2.45, 2.75) is 50.4 Å². The van der Waals surface area contributed by atoms with E-state index in [2.05, 4.69) is 39.5 Å². The summed E-state index contributed by atoms with van der Waals surface area (Å²) in [6.45, 7) is 0.982. The van der Waals surface area contributed by atoms with Crippen LogP contribution in [0.2, 0.25) is 0 Å². The highest BCUT2D eigenvalue weighted by atomic mass is 19.1. The third kappa shape index (κ3) is 3.56. The number of hydrogen-bond donors (Lipinski definition) is 1. The lowest BCUT2D eigenvalue weighted by Gasteiger charge is -2.39. The van der Waals surface area contributed by atoms with Gasteiger partial charge in [0.15, 0.2) is 0 Å². The topological polar surface area (TPSA) is 45.2 Å². The number of halogens is 1. The molecule has 3 heterocycles. The van der Waals surface area contributed by atoms with Gasteiger partial charge in [0.1, 0.15) is 11.5 Å². The summed E-state index contributed by atoms with van der Waals surface area (Å²) in [6, 6.07) is 14.5. The number of carbonyl (C=O) groups excluding carboxylic acids is 1. The predicted molar refractivity (Wildman–Crippen MR) is 93.5 cm³/mol. The van der Waals surface area contributed by atoms with Crippen LogP contribution >= 0.6 is 0 Å². The molecule has 0 spiro atoms. The molecule has 2 aromatic rings. The van der Waals surface area contributed by atoms with Gasteiger partial charge < -0.3 is 5.32 Å². The maximum absolute atomic E-state index is 12.9. The fraction of sp³-hybridized carbons (Fsp3) is 0.400. The van der Waals surface area contributed by atoms with Crippen LogP contribution in [0.5, 0.6) is 0 Å². The Kier molecular flexibility index (Phi) is 4.49. The first-order chi connectivity index (χ1) is 12.2. The Bertz CT molecular complexity index is 720. The Hall–Kier alpha value is -2.27. The van der Waals surface area contributed by atoms with Crippen LogP contribution < -0.4 is 5.32 Å². The zero-order valence-corrected chi connectivity index (χ0v) is 14.1. The second-order valence-corrected chi connectivity index (χ2v) is 7.05. The van der Waals surface area contributed by atoms with Gasteiger partial charge in [-0.3, -0.25) is 9.69 Å². The van der Waals surface area contributed by atoms with Crippen LogP contribution in [0, 0.1) is 5.82 Å². The van der Waals surface area contributed by atoms with E-state index in [9.17, 15) is 9.18 Å². The van der Waals surface area contributed by atoms with Crippen molar-refractivity contribution in [3.05, 3.63) is 65.7 Å². The highest BCUT2D eigenvalue weighted by molar-refractivity contribution is 5.92. The first kappa shape index (κ1) is 16.2. The van der Waals surface area contributed by atoms with E-state index >= 15 is 0 Å². The third-order valence-corrected chi connectivity index (χ3v) is 5.39. The summed E-state index contributed by atoms with van der Waals surface area (Å²) in [5.74, 6) is -0.635. The number of benzene rings is 1. The highest BCUT2D eigenvalue weighted by Crippen LogP contribution is 2.36. The molecule has 5 heteroatoms. The molecule has 4 rings (SSSR count). The number of carbonyl (C=O) groups is 1. The lowest BCUT2D eigenvalue weighted by atomic mass is 9.96. The number of nitrogens with zero attached hydrogens (tertiary/aromatic N) is 2. The van der Waals surface area contributed by atoms with Crippen LogP contribution in [0.25, 0.3) is 0 Å². The molecule has 1 aromatic carbocycles. The Morgan fingerprint density at radius 1 is 1.12 bits per heavy atom. The molecule has 130 valence electrons. The predicted octanol–water partition coefficient (Wildman–Crippen LogP) is 3.15. The second-order valence-electron chi connectivity index (χ2n) is 7.05. The molecule has 2 unspecified atom stereocenters. The first-order valence-corrected chi connectivity index (χ1v) is 8.91. The number of piperidine rings is 1. The van der Waals surface area contributed by atoms with Crippen molar-refractivity contribution in [2.24, 2.45) is 0 Å². The molecule has 4 nitrogen and oxygen atoms in total. The standard InChI is InChI=1S/C20H22FN3O/c21-15-6-9-19(22-12-15)20(25)23-16-10-17-7-8-18(11-16)24(17)13-14-4-2-1-3-5-14/h1-6,9,12,16-18H,7-8,10-11,13H2,(H,23,25). The Morgan fingerprint density at radius 2 is 1.84 bits per heavy atom. The van der Waals surface area contributed by atoms with Gasteiger partial charge in [-0.1, -0.05) is 30.3 Å². The molecular weight excluding hydrogens is 317 g/mol. The minimum absolute atomic E-state index is 0.170. The third-order valence-electron chi connectivity index (χ3n) is 5.39. The van der Waals surface area contributed by atoms with Gasteiger partial charge in [0, 0.05) is 24.7 Å². The average Bonchev–Trinajstić information content (AvgIpc) is 2.86. The summed E-state index contributed by atoms with van der Waals surface area (Å²) in [5.41, 5.74) is 1.62. The maximum atomic E-state index is 12.9. The molecule has 2 bridgehead atoms. The molecule has 1 aromatic heterocycles. The van der Waals surface area contributed by atoms with Crippen molar-refractivity contribution < 1.29 is 9.18 Å². The molecule has 2 fully saturated rings. The van der Waals surface area contributed by atoms with Gasteiger partial charge >= 0.3 is 0 Å². The van der Waals surface area contributed by atoms with Crippen LogP contribution in [0.4, 0.5) is 4.39 Å². The summed E-state index contributed by atoms with van der Waals surface area (Å²) >= 11 is 0. The van der Waals surface area contributed by atoms with E-state index in [0.29, 0.717) is 12.1 Å².